The fourth-order valence-electron chi connectivity index (χ4n) is 1.37. The third kappa shape index (κ3) is 2.35. The van der Waals surface area contributed by atoms with Gasteiger partial charge in [-0.05, 0) is 11.6 Å². The maximum absolute atomic E-state index is 10.7. The van der Waals surface area contributed by atoms with Crippen LogP contribution in [0.5, 0.6) is 0 Å². The molecule has 1 amide bonds. The second kappa shape index (κ2) is 4.72. The molecular formula is C12H10N2OS. The number of hydrogen-bond donors (Lipinski definition) is 1. The van der Waals surface area contributed by atoms with Gasteiger partial charge in [0.2, 0.25) is 5.91 Å². The lowest BCUT2D eigenvalue weighted by Crippen LogP contribution is -2.05. The minimum Gasteiger partial charge on any atom is -0.366 e. The average molecular weight is 230 g/mol. The molecule has 0 aliphatic rings. The zero-order valence-corrected chi connectivity index (χ0v) is 9.28. The van der Waals surface area contributed by atoms with Crippen molar-refractivity contribution in [3.63, 3.8) is 0 Å². The van der Waals surface area contributed by atoms with Gasteiger partial charge in [0.1, 0.15) is 5.01 Å². The SMILES string of the molecule is NC(=O)/C=C/c1ccccc1-c1nccs1. The van der Waals surface area contributed by atoms with E-state index in [1.807, 2.05) is 29.6 Å². The number of amides is 1. The van der Waals surface area contributed by atoms with E-state index < -0.39 is 5.91 Å². The summed E-state index contributed by atoms with van der Waals surface area (Å²) in [5, 5.41) is 2.86. The van der Waals surface area contributed by atoms with Crippen LogP contribution in [0, 0.1) is 0 Å². The third-order valence-electron chi connectivity index (χ3n) is 2.05. The number of carbonyl (C=O) groups is 1. The Labute approximate surface area is 97.3 Å². The molecule has 0 fully saturated rings. The lowest BCUT2D eigenvalue weighted by molar-refractivity contribution is -0.113. The minimum absolute atomic E-state index is 0.450. The van der Waals surface area contributed by atoms with Gasteiger partial charge in [0, 0.05) is 23.2 Å². The molecular weight excluding hydrogens is 220 g/mol. The lowest BCUT2D eigenvalue weighted by atomic mass is 10.1. The summed E-state index contributed by atoms with van der Waals surface area (Å²) in [6.07, 6.45) is 4.82. The molecule has 2 N–H and O–H groups in total. The van der Waals surface area contributed by atoms with Crippen LogP contribution < -0.4 is 5.73 Å². The Bertz CT molecular complexity index is 518. The van der Waals surface area contributed by atoms with E-state index in [9.17, 15) is 4.79 Å². The Balaban J connectivity index is 2.42. The number of thiazole rings is 1. The molecule has 16 heavy (non-hydrogen) atoms. The largest absolute Gasteiger partial charge is 0.366 e. The van der Waals surface area contributed by atoms with Gasteiger partial charge in [0.05, 0.1) is 0 Å². The van der Waals surface area contributed by atoms with Crippen molar-refractivity contribution in [1.82, 2.24) is 4.98 Å². The first-order valence-electron chi connectivity index (χ1n) is 4.74. The van der Waals surface area contributed by atoms with Gasteiger partial charge in [-0.2, -0.15) is 0 Å². The summed E-state index contributed by atoms with van der Waals surface area (Å²) >= 11 is 1.56. The van der Waals surface area contributed by atoms with Crippen molar-refractivity contribution in [2.45, 2.75) is 0 Å². The molecule has 0 bridgehead atoms. The standard InChI is InChI=1S/C12H10N2OS/c13-11(15)6-5-9-3-1-2-4-10(9)12-14-7-8-16-12/h1-8H,(H2,13,15)/b6-5+. The predicted octanol–water partition coefficient (Wildman–Crippen LogP) is 2.31. The monoisotopic (exact) mass is 230 g/mol. The van der Waals surface area contributed by atoms with E-state index >= 15 is 0 Å². The summed E-state index contributed by atoms with van der Waals surface area (Å²) in [7, 11) is 0. The van der Waals surface area contributed by atoms with Gasteiger partial charge >= 0.3 is 0 Å². The molecule has 4 heteroatoms. The molecule has 0 radical (unpaired) electrons. The highest BCUT2D eigenvalue weighted by Gasteiger charge is 2.03. The number of aromatic nitrogens is 1. The summed E-state index contributed by atoms with van der Waals surface area (Å²) in [4.78, 5) is 14.9. The maximum atomic E-state index is 10.7. The molecule has 2 rings (SSSR count). The smallest absolute Gasteiger partial charge is 0.241 e. The van der Waals surface area contributed by atoms with Gasteiger partial charge in [-0.15, -0.1) is 11.3 Å². The molecule has 0 spiro atoms. The first-order valence-corrected chi connectivity index (χ1v) is 5.62. The molecule has 3 nitrogen and oxygen atoms in total. The highest BCUT2D eigenvalue weighted by molar-refractivity contribution is 7.13. The third-order valence-corrected chi connectivity index (χ3v) is 2.86. The van der Waals surface area contributed by atoms with Crippen molar-refractivity contribution in [2.24, 2.45) is 5.73 Å². The Kier molecular flexibility index (Phi) is 3.12. The number of carbonyl (C=O) groups excluding carboxylic acids is 1. The highest BCUT2D eigenvalue weighted by atomic mass is 32.1. The van der Waals surface area contributed by atoms with E-state index in [2.05, 4.69) is 4.98 Å². The number of hydrogen-bond acceptors (Lipinski definition) is 3. The lowest BCUT2D eigenvalue weighted by Gasteiger charge is -2.01. The molecule has 0 atom stereocenters. The Morgan fingerprint density at radius 1 is 1.38 bits per heavy atom. The van der Waals surface area contributed by atoms with Gasteiger partial charge in [0.25, 0.3) is 0 Å². The number of primary amides is 1. The number of nitrogens with zero attached hydrogens (tertiary/aromatic N) is 1. The first-order chi connectivity index (χ1) is 7.77. The minimum atomic E-state index is -0.450. The van der Waals surface area contributed by atoms with E-state index in [0.717, 1.165) is 16.1 Å². The molecule has 80 valence electrons. The van der Waals surface area contributed by atoms with Crippen molar-refractivity contribution in [2.75, 3.05) is 0 Å². The van der Waals surface area contributed by atoms with Crippen molar-refractivity contribution in [3.05, 3.63) is 47.5 Å². The van der Waals surface area contributed by atoms with Crippen LogP contribution in [0.15, 0.2) is 41.9 Å². The van der Waals surface area contributed by atoms with Crippen LogP contribution in [-0.2, 0) is 4.79 Å². The number of nitrogens with two attached hydrogens (primary N) is 1. The topological polar surface area (TPSA) is 56.0 Å². The Morgan fingerprint density at radius 2 is 2.19 bits per heavy atom. The quantitative estimate of drug-likeness (QED) is 0.822. The van der Waals surface area contributed by atoms with E-state index in [1.165, 1.54) is 6.08 Å². The zero-order chi connectivity index (χ0) is 11.4. The van der Waals surface area contributed by atoms with Crippen molar-refractivity contribution in [1.29, 1.82) is 0 Å². The normalized spacial score (nSPS) is 10.8. The van der Waals surface area contributed by atoms with Crippen LogP contribution in [0.4, 0.5) is 0 Å². The van der Waals surface area contributed by atoms with Gasteiger partial charge in [-0.25, -0.2) is 4.98 Å². The van der Waals surface area contributed by atoms with Crippen molar-refractivity contribution in [3.8, 4) is 10.6 Å². The van der Waals surface area contributed by atoms with E-state index in [-0.39, 0.29) is 0 Å². The molecule has 2 aromatic rings. The van der Waals surface area contributed by atoms with Crippen LogP contribution in [-0.4, -0.2) is 10.9 Å². The second-order valence-corrected chi connectivity index (χ2v) is 4.05. The van der Waals surface area contributed by atoms with Crippen LogP contribution in [0.1, 0.15) is 5.56 Å². The summed E-state index contributed by atoms with van der Waals surface area (Å²) in [5.74, 6) is -0.450. The summed E-state index contributed by atoms with van der Waals surface area (Å²) < 4.78 is 0. The van der Waals surface area contributed by atoms with E-state index in [0.29, 0.717) is 0 Å². The van der Waals surface area contributed by atoms with Crippen LogP contribution >= 0.6 is 11.3 Å². The number of rotatable bonds is 3. The van der Waals surface area contributed by atoms with Crippen molar-refractivity contribution < 1.29 is 4.79 Å². The Hall–Kier alpha value is -1.94. The molecule has 0 saturated carbocycles. The average Bonchev–Trinajstić information content (AvgIpc) is 2.80. The summed E-state index contributed by atoms with van der Waals surface area (Å²) in [5.41, 5.74) is 7.02. The molecule has 1 heterocycles. The van der Waals surface area contributed by atoms with Crippen LogP contribution in [0.3, 0.4) is 0 Å². The molecule has 0 aliphatic heterocycles. The fraction of sp³-hybridized carbons (Fsp3) is 0. The number of benzene rings is 1. The molecule has 0 saturated heterocycles. The first kappa shape index (κ1) is 10.6. The second-order valence-electron chi connectivity index (χ2n) is 3.16. The molecule has 0 unspecified atom stereocenters. The summed E-state index contributed by atoms with van der Waals surface area (Å²) in [6.45, 7) is 0. The van der Waals surface area contributed by atoms with Crippen LogP contribution in [0.25, 0.3) is 16.6 Å². The van der Waals surface area contributed by atoms with E-state index in [1.54, 1.807) is 23.6 Å². The molecule has 1 aromatic carbocycles. The fourth-order valence-corrected chi connectivity index (χ4v) is 2.05. The maximum Gasteiger partial charge on any atom is 0.241 e. The van der Waals surface area contributed by atoms with Gasteiger partial charge in [0.15, 0.2) is 0 Å². The van der Waals surface area contributed by atoms with Crippen molar-refractivity contribution >= 4 is 23.3 Å². The summed E-state index contributed by atoms with van der Waals surface area (Å²) in [6, 6.07) is 7.76. The van der Waals surface area contributed by atoms with Gasteiger partial charge < -0.3 is 5.73 Å². The highest BCUT2D eigenvalue weighted by Crippen LogP contribution is 2.26. The Morgan fingerprint density at radius 3 is 2.88 bits per heavy atom. The van der Waals surface area contributed by atoms with Crippen LogP contribution in [0.2, 0.25) is 0 Å². The molecule has 0 aliphatic carbocycles. The zero-order valence-electron chi connectivity index (χ0n) is 8.46. The predicted molar refractivity (Wildman–Crippen MR) is 65.8 cm³/mol. The van der Waals surface area contributed by atoms with E-state index in [4.69, 9.17) is 5.73 Å². The van der Waals surface area contributed by atoms with Gasteiger partial charge in [-0.3, -0.25) is 4.79 Å². The van der Waals surface area contributed by atoms with Gasteiger partial charge in [-0.1, -0.05) is 24.3 Å². The molecule has 1 aromatic heterocycles.